The molecule has 0 saturated carbocycles. The molecule has 1 amide bonds. The van der Waals surface area contributed by atoms with Crippen LogP contribution in [0.5, 0.6) is 0 Å². The summed E-state index contributed by atoms with van der Waals surface area (Å²) in [6.45, 7) is 4.25. The van der Waals surface area contributed by atoms with Crippen molar-refractivity contribution < 1.29 is 13.6 Å². The van der Waals surface area contributed by atoms with Gasteiger partial charge in [0, 0.05) is 67.4 Å². The molecule has 10 heteroatoms. The van der Waals surface area contributed by atoms with Crippen LogP contribution in [0.4, 0.5) is 5.82 Å². The number of nitrogens with one attached hydrogen (secondary N) is 1. The molecule has 31 heavy (non-hydrogen) atoms. The van der Waals surface area contributed by atoms with Gasteiger partial charge in [-0.2, -0.15) is 0 Å². The molecule has 0 bridgehead atoms. The predicted molar refractivity (Wildman–Crippen MR) is 119 cm³/mol. The topological polar surface area (TPSA) is 101 Å². The summed E-state index contributed by atoms with van der Waals surface area (Å²) in [5.74, 6) is 0.762. The van der Waals surface area contributed by atoms with Crippen molar-refractivity contribution in [3.63, 3.8) is 0 Å². The van der Waals surface area contributed by atoms with Gasteiger partial charge in [0.1, 0.15) is 5.82 Å². The summed E-state index contributed by atoms with van der Waals surface area (Å²) < 4.78 is 23.4. The second kappa shape index (κ2) is 9.60. The number of hydrogen-bond donors (Lipinski definition) is 1. The summed E-state index contributed by atoms with van der Waals surface area (Å²) >= 11 is 4.18. The third-order valence-electron chi connectivity index (χ3n) is 6.00. The summed E-state index contributed by atoms with van der Waals surface area (Å²) in [4.78, 5) is 23.8. The number of amides is 1. The molecule has 0 aromatic carbocycles. The van der Waals surface area contributed by atoms with Gasteiger partial charge in [0.2, 0.25) is 5.91 Å². The van der Waals surface area contributed by atoms with Gasteiger partial charge in [-0.15, -0.1) is 0 Å². The fourth-order valence-electron chi connectivity index (χ4n) is 4.22. The standard InChI is InChI=1S/C21H26ClN5O3S/c1-14-3-2-7-23-20(14)17-11-19(24-12-18(17)22)26-8-4-15(5-9-26)21(28)25-16-6-10-27(13-16)31(29)30/h2-3,7,11-12,15-16H,4-6,8-10,13H2,1H3,(H,25,28)(H,29,30)/p-1/t16-/m0/s1. The summed E-state index contributed by atoms with van der Waals surface area (Å²) in [7, 11) is 0. The van der Waals surface area contributed by atoms with E-state index in [1.807, 2.05) is 25.1 Å². The first-order valence-electron chi connectivity index (χ1n) is 10.4. The third-order valence-corrected chi connectivity index (χ3v) is 7.06. The Labute approximate surface area is 189 Å². The maximum Gasteiger partial charge on any atom is 0.223 e. The summed E-state index contributed by atoms with van der Waals surface area (Å²) in [6.07, 6.45) is 5.51. The van der Waals surface area contributed by atoms with Crippen LogP contribution in [0.15, 0.2) is 30.6 Å². The molecular weight excluding hydrogens is 438 g/mol. The normalized spacial score (nSPS) is 21.3. The van der Waals surface area contributed by atoms with E-state index in [-0.39, 0.29) is 17.9 Å². The smallest absolute Gasteiger partial charge is 0.223 e. The van der Waals surface area contributed by atoms with Crippen LogP contribution in [0, 0.1) is 12.8 Å². The van der Waals surface area contributed by atoms with Crippen molar-refractivity contribution in [3.8, 4) is 11.3 Å². The Morgan fingerprint density at radius 2 is 2.03 bits per heavy atom. The monoisotopic (exact) mass is 462 g/mol. The van der Waals surface area contributed by atoms with E-state index < -0.39 is 11.3 Å². The Balaban J connectivity index is 1.37. The highest BCUT2D eigenvalue weighted by Gasteiger charge is 2.30. The molecule has 2 fully saturated rings. The maximum atomic E-state index is 12.7. The third kappa shape index (κ3) is 5.06. The number of pyridine rings is 2. The lowest BCUT2D eigenvalue weighted by molar-refractivity contribution is -0.126. The first-order valence-corrected chi connectivity index (χ1v) is 11.8. The van der Waals surface area contributed by atoms with Gasteiger partial charge in [0.15, 0.2) is 0 Å². The SMILES string of the molecule is Cc1cccnc1-c1cc(N2CCC(C(=O)N[C@H]3CCN(S(=O)[O-])C3)CC2)ncc1Cl. The second-order valence-electron chi connectivity index (χ2n) is 8.05. The minimum atomic E-state index is -2.22. The molecule has 8 nitrogen and oxygen atoms in total. The van der Waals surface area contributed by atoms with Gasteiger partial charge in [-0.25, -0.2) is 9.29 Å². The zero-order chi connectivity index (χ0) is 22.0. The van der Waals surface area contributed by atoms with Gasteiger partial charge in [0.25, 0.3) is 0 Å². The average Bonchev–Trinajstić information content (AvgIpc) is 3.24. The van der Waals surface area contributed by atoms with E-state index in [0.29, 0.717) is 37.6 Å². The van der Waals surface area contributed by atoms with Crippen LogP contribution in [0.2, 0.25) is 5.02 Å². The van der Waals surface area contributed by atoms with Gasteiger partial charge < -0.3 is 14.8 Å². The Bertz CT molecular complexity index is 983. The van der Waals surface area contributed by atoms with Crippen molar-refractivity contribution in [2.45, 2.75) is 32.2 Å². The van der Waals surface area contributed by atoms with Crippen molar-refractivity contribution in [2.24, 2.45) is 5.92 Å². The molecular formula is C21H25ClN5O3S-. The van der Waals surface area contributed by atoms with E-state index in [9.17, 15) is 13.6 Å². The molecule has 1 unspecified atom stereocenters. The van der Waals surface area contributed by atoms with Crippen molar-refractivity contribution in [1.29, 1.82) is 0 Å². The van der Waals surface area contributed by atoms with E-state index in [4.69, 9.17) is 11.6 Å². The molecule has 2 aliphatic heterocycles. The van der Waals surface area contributed by atoms with Crippen LogP contribution in [0.1, 0.15) is 24.8 Å². The molecule has 2 aromatic heterocycles. The summed E-state index contributed by atoms with van der Waals surface area (Å²) in [6, 6.07) is 5.76. The molecule has 2 aromatic rings. The lowest BCUT2D eigenvalue weighted by Gasteiger charge is -2.33. The van der Waals surface area contributed by atoms with Crippen LogP contribution in [0.25, 0.3) is 11.3 Å². The highest BCUT2D eigenvalue weighted by atomic mass is 35.5. The highest BCUT2D eigenvalue weighted by Crippen LogP contribution is 2.32. The van der Waals surface area contributed by atoms with Crippen molar-refractivity contribution in [1.82, 2.24) is 19.6 Å². The zero-order valence-corrected chi connectivity index (χ0v) is 18.9. The first kappa shape index (κ1) is 22.1. The molecule has 0 radical (unpaired) electrons. The number of piperidine rings is 1. The van der Waals surface area contributed by atoms with Gasteiger partial charge in [-0.3, -0.25) is 14.0 Å². The van der Waals surface area contributed by atoms with Crippen LogP contribution < -0.4 is 10.2 Å². The Morgan fingerprint density at radius 1 is 1.26 bits per heavy atom. The highest BCUT2D eigenvalue weighted by molar-refractivity contribution is 7.76. The van der Waals surface area contributed by atoms with Crippen molar-refractivity contribution in [3.05, 3.63) is 41.2 Å². The van der Waals surface area contributed by atoms with E-state index in [2.05, 4.69) is 20.2 Å². The predicted octanol–water partition coefficient (Wildman–Crippen LogP) is 2.31. The zero-order valence-electron chi connectivity index (χ0n) is 17.3. The number of aryl methyl sites for hydroxylation is 1. The molecule has 166 valence electrons. The van der Waals surface area contributed by atoms with E-state index >= 15 is 0 Å². The number of nitrogens with zero attached hydrogens (tertiary/aromatic N) is 4. The van der Waals surface area contributed by atoms with E-state index in [1.54, 1.807) is 12.4 Å². The van der Waals surface area contributed by atoms with E-state index in [1.165, 1.54) is 4.31 Å². The van der Waals surface area contributed by atoms with Crippen LogP contribution in [-0.4, -0.2) is 61.2 Å². The van der Waals surface area contributed by atoms with Crippen LogP contribution in [0.3, 0.4) is 0 Å². The minimum absolute atomic E-state index is 0.0112. The molecule has 2 atom stereocenters. The van der Waals surface area contributed by atoms with Crippen LogP contribution in [-0.2, 0) is 16.1 Å². The Kier molecular flexibility index (Phi) is 6.86. The summed E-state index contributed by atoms with van der Waals surface area (Å²) in [5, 5.41) is 3.58. The molecule has 4 heterocycles. The quantitative estimate of drug-likeness (QED) is 0.684. The molecule has 1 N–H and O–H groups in total. The number of carbonyl (C=O) groups excluding carboxylic acids is 1. The van der Waals surface area contributed by atoms with Crippen molar-refractivity contribution >= 4 is 34.6 Å². The molecule has 4 rings (SSSR count). The fraction of sp³-hybridized carbons (Fsp3) is 0.476. The second-order valence-corrected chi connectivity index (χ2v) is 9.41. The summed E-state index contributed by atoms with van der Waals surface area (Å²) in [5.41, 5.74) is 2.74. The molecule has 2 saturated heterocycles. The number of aromatic nitrogens is 2. The van der Waals surface area contributed by atoms with Gasteiger partial charge in [-0.05, 0) is 43.9 Å². The lowest BCUT2D eigenvalue weighted by atomic mass is 9.95. The largest absolute Gasteiger partial charge is 0.760 e. The number of carbonyl (C=O) groups is 1. The van der Waals surface area contributed by atoms with Gasteiger partial charge in [-0.1, -0.05) is 17.7 Å². The lowest BCUT2D eigenvalue weighted by Crippen LogP contribution is -2.45. The van der Waals surface area contributed by atoms with Crippen LogP contribution >= 0.6 is 11.6 Å². The van der Waals surface area contributed by atoms with E-state index in [0.717, 1.165) is 35.5 Å². The first-order chi connectivity index (χ1) is 14.9. The molecule has 0 aliphatic carbocycles. The van der Waals surface area contributed by atoms with Gasteiger partial charge >= 0.3 is 0 Å². The fourth-order valence-corrected chi connectivity index (χ4v) is 4.97. The number of hydrogen-bond acceptors (Lipinski definition) is 6. The number of anilines is 1. The number of rotatable bonds is 5. The average molecular weight is 463 g/mol. The van der Waals surface area contributed by atoms with Gasteiger partial charge in [0.05, 0.1) is 10.7 Å². The molecule has 2 aliphatic rings. The Hall–Kier alpha value is -2.07. The number of halogens is 1. The van der Waals surface area contributed by atoms with Crippen molar-refractivity contribution in [2.75, 3.05) is 31.1 Å². The maximum absolute atomic E-state index is 12.7. The Morgan fingerprint density at radius 3 is 2.71 bits per heavy atom. The molecule has 0 spiro atoms. The minimum Gasteiger partial charge on any atom is -0.760 e.